The minimum absolute atomic E-state index is 0.0732. The first-order chi connectivity index (χ1) is 9.34. The van der Waals surface area contributed by atoms with Gasteiger partial charge in [-0.1, -0.05) is 28.1 Å². The molecule has 1 saturated carbocycles. The van der Waals surface area contributed by atoms with Crippen molar-refractivity contribution >= 4 is 27.8 Å². The fourth-order valence-electron chi connectivity index (χ4n) is 2.60. The molecule has 0 saturated heterocycles. The lowest BCUT2D eigenvalue weighted by molar-refractivity contribution is -0.158. The topological polar surface area (TPSA) is 57.6 Å². The van der Waals surface area contributed by atoms with Crippen molar-refractivity contribution in [2.45, 2.75) is 44.7 Å². The molecule has 1 fully saturated rings. The van der Waals surface area contributed by atoms with Crippen molar-refractivity contribution < 1.29 is 14.7 Å². The highest BCUT2D eigenvalue weighted by molar-refractivity contribution is 9.10. The van der Waals surface area contributed by atoms with Crippen LogP contribution in [-0.2, 0) is 16.0 Å². The molecule has 0 heterocycles. The molecule has 1 atom stereocenters. The molecule has 0 bridgehead atoms. The maximum absolute atomic E-state index is 11.9. The molecule has 1 aliphatic rings. The number of benzene rings is 1. The van der Waals surface area contributed by atoms with E-state index >= 15 is 0 Å². The molecule has 0 radical (unpaired) electrons. The Kier molecular flexibility index (Phi) is 4.18. The van der Waals surface area contributed by atoms with E-state index in [1.54, 1.807) is 6.92 Å². The summed E-state index contributed by atoms with van der Waals surface area (Å²) in [4.78, 5) is 25.2. The van der Waals surface area contributed by atoms with Crippen molar-refractivity contribution in [2.24, 2.45) is 0 Å². The highest BCUT2D eigenvalue weighted by Crippen LogP contribution is 2.35. The maximum Gasteiger partial charge on any atom is 0.329 e. The highest BCUT2D eigenvalue weighted by atomic mass is 79.9. The van der Waals surface area contributed by atoms with Crippen molar-refractivity contribution in [1.29, 1.82) is 0 Å². The van der Waals surface area contributed by atoms with Crippen LogP contribution in [0.2, 0.25) is 0 Å². The van der Waals surface area contributed by atoms with Gasteiger partial charge in [-0.2, -0.15) is 0 Å². The number of carbonyl (C=O) groups is 2. The molecule has 0 spiro atoms. The van der Waals surface area contributed by atoms with Gasteiger partial charge in [0, 0.05) is 23.9 Å². The van der Waals surface area contributed by atoms with Crippen molar-refractivity contribution in [3.05, 3.63) is 34.3 Å². The van der Waals surface area contributed by atoms with E-state index in [2.05, 4.69) is 15.9 Å². The number of amides is 1. The van der Waals surface area contributed by atoms with Gasteiger partial charge in [0.05, 0.1) is 0 Å². The van der Waals surface area contributed by atoms with Crippen LogP contribution in [0.4, 0.5) is 0 Å². The van der Waals surface area contributed by atoms with E-state index in [0.29, 0.717) is 6.42 Å². The minimum Gasteiger partial charge on any atom is -0.479 e. The van der Waals surface area contributed by atoms with Gasteiger partial charge in [0.15, 0.2) is 0 Å². The molecule has 1 amide bonds. The summed E-state index contributed by atoms with van der Waals surface area (Å²) in [5.74, 6) is -1.13. The molecule has 1 N–H and O–H groups in total. The van der Waals surface area contributed by atoms with Gasteiger partial charge in [0.1, 0.15) is 5.54 Å². The Hall–Kier alpha value is -1.36. The van der Waals surface area contributed by atoms with Crippen LogP contribution in [0.25, 0.3) is 0 Å². The average molecular weight is 340 g/mol. The van der Waals surface area contributed by atoms with Gasteiger partial charge in [-0.3, -0.25) is 4.79 Å². The Balaban J connectivity index is 2.30. The van der Waals surface area contributed by atoms with Gasteiger partial charge in [-0.25, -0.2) is 4.79 Å². The Bertz CT molecular complexity index is 524. The second-order valence-electron chi connectivity index (χ2n) is 5.50. The number of hydrogen-bond donors (Lipinski definition) is 1. The summed E-state index contributed by atoms with van der Waals surface area (Å²) in [5.41, 5.74) is -0.286. The summed E-state index contributed by atoms with van der Waals surface area (Å²) in [6.45, 7) is 3.08. The Labute approximate surface area is 126 Å². The summed E-state index contributed by atoms with van der Waals surface area (Å²) in [6, 6.07) is 7.61. The molecule has 1 unspecified atom stereocenters. The van der Waals surface area contributed by atoms with E-state index in [-0.39, 0.29) is 11.9 Å². The number of carbonyl (C=O) groups excluding carboxylic acids is 1. The van der Waals surface area contributed by atoms with Crippen molar-refractivity contribution in [1.82, 2.24) is 4.90 Å². The Morgan fingerprint density at radius 1 is 1.35 bits per heavy atom. The number of carboxylic acid groups (broad SMARTS) is 1. The molecule has 1 aromatic carbocycles. The zero-order valence-corrected chi connectivity index (χ0v) is 13.2. The van der Waals surface area contributed by atoms with Crippen LogP contribution < -0.4 is 0 Å². The fourth-order valence-corrected chi connectivity index (χ4v) is 2.87. The summed E-state index contributed by atoms with van der Waals surface area (Å²) >= 11 is 3.36. The maximum atomic E-state index is 11.9. The summed E-state index contributed by atoms with van der Waals surface area (Å²) in [5, 5.41) is 9.64. The van der Waals surface area contributed by atoms with Crippen LogP contribution in [0, 0.1) is 0 Å². The third kappa shape index (κ3) is 3.03. The monoisotopic (exact) mass is 339 g/mol. The van der Waals surface area contributed by atoms with E-state index in [1.165, 1.54) is 11.8 Å². The lowest BCUT2D eigenvalue weighted by Crippen LogP contribution is -2.57. The first kappa shape index (κ1) is 15.0. The Morgan fingerprint density at radius 3 is 2.30 bits per heavy atom. The number of nitrogens with zero attached hydrogens (tertiary/aromatic N) is 1. The minimum atomic E-state index is -1.19. The third-order valence-electron chi connectivity index (χ3n) is 3.71. The highest BCUT2D eigenvalue weighted by Gasteiger charge is 2.47. The van der Waals surface area contributed by atoms with Gasteiger partial charge in [0.25, 0.3) is 0 Å². The number of carboxylic acids is 1. The fraction of sp³-hybridized carbons (Fsp3) is 0.467. The van der Waals surface area contributed by atoms with Crippen molar-refractivity contribution in [3.63, 3.8) is 0 Å². The molecule has 5 heteroatoms. The summed E-state index contributed by atoms with van der Waals surface area (Å²) < 4.78 is 0.948. The molecule has 1 aromatic rings. The first-order valence-electron chi connectivity index (χ1n) is 6.62. The largest absolute Gasteiger partial charge is 0.479 e. The van der Waals surface area contributed by atoms with Gasteiger partial charge in [-0.05, 0) is 37.5 Å². The van der Waals surface area contributed by atoms with Gasteiger partial charge in [-0.15, -0.1) is 0 Å². The first-order valence-corrected chi connectivity index (χ1v) is 7.41. The lowest BCUT2D eigenvalue weighted by Gasteiger charge is -2.38. The summed E-state index contributed by atoms with van der Waals surface area (Å²) in [6.07, 6.45) is 2.09. The van der Waals surface area contributed by atoms with Gasteiger partial charge >= 0.3 is 5.97 Å². The van der Waals surface area contributed by atoms with E-state index < -0.39 is 11.5 Å². The zero-order valence-electron chi connectivity index (χ0n) is 11.6. The molecular formula is C15H18BrNO3. The van der Waals surface area contributed by atoms with E-state index in [1.807, 2.05) is 24.3 Å². The molecule has 0 aliphatic heterocycles. The standard InChI is InChI=1S/C15H18BrNO3/c1-10(18)17(13-7-8-13)15(2,14(19)20)9-11-3-5-12(16)6-4-11/h3-6,13H,7-9H2,1-2H3,(H,19,20). The van der Waals surface area contributed by atoms with Gasteiger partial charge in [0.2, 0.25) is 5.91 Å². The van der Waals surface area contributed by atoms with E-state index in [4.69, 9.17) is 0 Å². The number of rotatable bonds is 5. The van der Waals surface area contributed by atoms with E-state index in [9.17, 15) is 14.7 Å². The predicted octanol–water partition coefficient (Wildman–Crippen LogP) is 2.85. The second kappa shape index (κ2) is 5.56. The molecular weight excluding hydrogens is 322 g/mol. The number of hydrogen-bond acceptors (Lipinski definition) is 2. The lowest BCUT2D eigenvalue weighted by atomic mass is 9.90. The number of aliphatic carboxylic acids is 1. The molecule has 20 heavy (non-hydrogen) atoms. The zero-order chi connectivity index (χ0) is 14.9. The smallest absolute Gasteiger partial charge is 0.329 e. The van der Waals surface area contributed by atoms with E-state index in [0.717, 1.165) is 22.9 Å². The predicted molar refractivity (Wildman–Crippen MR) is 79.4 cm³/mol. The summed E-state index contributed by atoms with van der Waals surface area (Å²) in [7, 11) is 0. The third-order valence-corrected chi connectivity index (χ3v) is 4.23. The average Bonchev–Trinajstić information content (AvgIpc) is 3.16. The van der Waals surface area contributed by atoms with Crippen LogP contribution in [-0.4, -0.2) is 33.5 Å². The molecule has 2 rings (SSSR count). The Morgan fingerprint density at radius 2 is 1.90 bits per heavy atom. The van der Waals surface area contributed by atoms with Crippen LogP contribution >= 0.6 is 15.9 Å². The number of halogens is 1. The molecule has 4 nitrogen and oxygen atoms in total. The van der Waals surface area contributed by atoms with Crippen molar-refractivity contribution in [2.75, 3.05) is 0 Å². The van der Waals surface area contributed by atoms with Crippen LogP contribution in [0.1, 0.15) is 32.3 Å². The SMILES string of the molecule is CC(=O)N(C1CC1)C(C)(Cc1ccc(Br)cc1)C(=O)O. The molecule has 0 aromatic heterocycles. The van der Waals surface area contributed by atoms with Crippen LogP contribution in [0.15, 0.2) is 28.7 Å². The normalized spacial score (nSPS) is 17.4. The second-order valence-corrected chi connectivity index (χ2v) is 6.42. The van der Waals surface area contributed by atoms with Crippen LogP contribution in [0.5, 0.6) is 0 Å². The molecule has 108 valence electrons. The van der Waals surface area contributed by atoms with Crippen molar-refractivity contribution in [3.8, 4) is 0 Å². The molecule has 1 aliphatic carbocycles. The van der Waals surface area contributed by atoms with Crippen LogP contribution in [0.3, 0.4) is 0 Å². The quantitative estimate of drug-likeness (QED) is 0.897. The van der Waals surface area contributed by atoms with Gasteiger partial charge < -0.3 is 10.0 Å².